The van der Waals surface area contributed by atoms with E-state index < -0.39 is 0 Å². The molecule has 1 nitrogen and oxygen atoms in total. The molecular formula is C6H8FN. The van der Waals surface area contributed by atoms with Crippen molar-refractivity contribution in [3.63, 3.8) is 0 Å². The quantitative estimate of drug-likeness (QED) is 0.520. The number of hydrogen-bond acceptors (Lipinski definition) is 0. The second-order valence-electron chi connectivity index (χ2n) is 1.74. The zero-order valence-electron chi connectivity index (χ0n) is 4.76. The van der Waals surface area contributed by atoms with Gasteiger partial charge in [0.25, 0.3) is 0 Å². The molecule has 0 aromatic carbocycles. The number of aromatic nitrogens is 1. The molecule has 0 saturated carbocycles. The lowest BCUT2D eigenvalue weighted by Crippen LogP contribution is -1.89. The van der Waals surface area contributed by atoms with Gasteiger partial charge in [-0.1, -0.05) is 0 Å². The summed E-state index contributed by atoms with van der Waals surface area (Å²) in [7, 11) is 1.83. The second kappa shape index (κ2) is 1.99. The molecule has 0 radical (unpaired) electrons. The van der Waals surface area contributed by atoms with Gasteiger partial charge in [-0.2, -0.15) is 0 Å². The average molecular weight is 113 g/mol. The summed E-state index contributed by atoms with van der Waals surface area (Å²) in [4.78, 5) is 0. The molecule has 0 bridgehead atoms. The topological polar surface area (TPSA) is 4.93 Å². The Hall–Kier alpha value is -0.790. The second-order valence-corrected chi connectivity index (χ2v) is 1.74. The van der Waals surface area contributed by atoms with Crippen LogP contribution in [-0.2, 0) is 13.7 Å². The van der Waals surface area contributed by atoms with E-state index in [1.165, 1.54) is 0 Å². The Morgan fingerprint density at radius 2 is 2.50 bits per heavy atom. The normalized spacial score (nSPS) is 9.75. The van der Waals surface area contributed by atoms with Crippen LogP contribution in [0.4, 0.5) is 4.39 Å². The van der Waals surface area contributed by atoms with Crippen LogP contribution in [0.1, 0.15) is 5.69 Å². The monoisotopic (exact) mass is 113 g/mol. The molecule has 0 aliphatic carbocycles. The van der Waals surface area contributed by atoms with Crippen LogP contribution in [0, 0.1) is 0 Å². The molecule has 0 spiro atoms. The molecule has 44 valence electrons. The molecule has 1 heterocycles. The smallest absolute Gasteiger partial charge is 0.129 e. The first-order chi connectivity index (χ1) is 3.84. The average Bonchev–Trinajstić information content (AvgIpc) is 2.14. The highest BCUT2D eigenvalue weighted by Gasteiger charge is 1.91. The highest BCUT2D eigenvalue weighted by molar-refractivity contribution is 5.04. The van der Waals surface area contributed by atoms with Crippen LogP contribution in [0.5, 0.6) is 0 Å². The van der Waals surface area contributed by atoms with Gasteiger partial charge in [0.05, 0.1) is 0 Å². The maximum Gasteiger partial charge on any atom is 0.129 e. The van der Waals surface area contributed by atoms with Gasteiger partial charge in [-0.15, -0.1) is 0 Å². The molecule has 1 aromatic heterocycles. The Labute approximate surface area is 47.7 Å². The van der Waals surface area contributed by atoms with Crippen molar-refractivity contribution in [1.82, 2.24) is 4.57 Å². The summed E-state index contributed by atoms with van der Waals surface area (Å²) in [5, 5.41) is 0. The van der Waals surface area contributed by atoms with Gasteiger partial charge in [0.15, 0.2) is 0 Å². The first-order valence-corrected chi connectivity index (χ1v) is 2.51. The minimum atomic E-state index is -0.372. The van der Waals surface area contributed by atoms with E-state index in [0.29, 0.717) is 0 Å². The summed E-state index contributed by atoms with van der Waals surface area (Å²) in [5.41, 5.74) is 0.727. The molecule has 8 heavy (non-hydrogen) atoms. The number of rotatable bonds is 1. The van der Waals surface area contributed by atoms with Gasteiger partial charge < -0.3 is 4.57 Å². The van der Waals surface area contributed by atoms with Gasteiger partial charge in [0.1, 0.15) is 6.67 Å². The molecule has 2 heteroatoms. The minimum Gasteiger partial charge on any atom is -0.352 e. The number of alkyl halides is 1. The Kier molecular flexibility index (Phi) is 1.33. The standard InChI is InChI=1S/C6H8FN/c1-8-4-2-3-6(8)5-7/h2-4H,5H2,1H3. The van der Waals surface area contributed by atoms with E-state index in [9.17, 15) is 4.39 Å². The predicted molar refractivity (Wildman–Crippen MR) is 30.2 cm³/mol. The molecular weight excluding hydrogens is 105 g/mol. The van der Waals surface area contributed by atoms with E-state index in [1.54, 1.807) is 10.6 Å². The fourth-order valence-corrected chi connectivity index (χ4v) is 0.635. The number of aryl methyl sites for hydroxylation is 1. The minimum absolute atomic E-state index is 0.372. The van der Waals surface area contributed by atoms with E-state index in [4.69, 9.17) is 0 Å². The van der Waals surface area contributed by atoms with Crippen molar-refractivity contribution in [2.75, 3.05) is 0 Å². The van der Waals surface area contributed by atoms with Gasteiger partial charge in [-0.05, 0) is 12.1 Å². The fraction of sp³-hybridized carbons (Fsp3) is 0.333. The van der Waals surface area contributed by atoms with Crippen molar-refractivity contribution in [2.24, 2.45) is 7.05 Å². The van der Waals surface area contributed by atoms with Crippen LogP contribution in [0.2, 0.25) is 0 Å². The van der Waals surface area contributed by atoms with E-state index in [1.807, 2.05) is 19.3 Å². The summed E-state index contributed by atoms with van der Waals surface area (Å²) < 4.78 is 13.6. The molecule has 0 aliphatic rings. The first kappa shape index (κ1) is 5.35. The van der Waals surface area contributed by atoms with E-state index >= 15 is 0 Å². The van der Waals surface area contributed by atoms with Gasteiger partial charge in [0.2, 0.25) is 0 Å². The lowest BCUT2D eigenvalue weighted by atomic mass is 10.5. The molecule has 0 atom stereocenters. The van der Waals surface area contributed by atoms with Crippen LogP contribution < -0.4 is 0 Å². The van der Waals surface area contributed by atoms with Crippen molar-refractivity contribution in [3.8, 4) is 0 Å². The van der Waals surface area contributed by atoms with Gasteiger partial charge in [0, 0.05) is 18.9 Å². The molecule has 1 aromatic rings. The SMILES string of the molecule is Cn1cccc1CF. The van der Waals surface area contributed by atoms with Crippen LogP contribution in [0.25, 0.3) is 0 Å². The number of nitrogens with zero attached hydrogens (tertiary/aromatic N) is 1. The summed E-state index contributed by atoms with van der Waals surface area (Å²) in [6, 6.07) is 3.59. The Bertz CT molecular complexity index is 169. The summed E-state index contributed by atoms with van der Waals surface area (Å²) in [6.45, 7) is -0.372. The molecule has 1 rings (SSSR count). The third kappa shape index (κ3) is 0.735. The highest BCUT2D eigenvalue weighted by atomic mass is 19.1. The molecule has 0 unspecified atom stereocenters. The van der Waals surface area contributed by atoms with Gasteiger partial charge in [-0.3, -0.25) is 0 Å². The largest absolute Gasteiger partial charge is 0.352 e. The third-order valence-corrected chi connectivity index (χ3v) is 1.19. The van der Waals surface area contributed by atoms with Crippen molar-refractivity contribution in [1.29, 1.82) is 0 Å². The van der Waals surface area contributed by atoms with Gasteiger partial charge >= 0.3 is 0 Å². The molecule has 0 fully saturated rings. The summed E-state index contributed by atoms with van der Waals surface area (Å²) in [5.74, 6) is 0. The lowest BCUT2D eigenvalue weighted by Gasteiger charge is -1.93. The van der Waals surface area contributed by atoms with Crippen molar-refractivity contribution >= 4 is 0 Å². The van der Waals surface area contributed by atoms with Crippen LogP contribution in [0.3, 0.4) is 0 Å². The zero-order chi connectivity index (χ0) is 5.98. The number of hydrogen-bond donors (Lipinski definition) is 0. The van der Waals surface area contributed by atoms with Crippen molar-refractivity contribution < 1.29 is 4.39 Å². The molecule has 0 aliphatic heterocycles. The Morgan fingerprint density at radius 1 is 1.75 bits per heavy atom. The fourth-order valence-electron chi connectivity index (χ4n) is 0.635. The molecule has 0 amide bonds. The van der Waals surface area contributed by atoms with E-state index in [2.05, 4.69) is 0 Å². The summed E-state index contributed by atoms with van der Waals surface area (Å²) >= 11 is 0. The maximum absolute atomic E-state index is 11.8. The summed E-state index contributed by atoms with van der Waals surface area (Å²) in [6.07, 6.45) is 1.83. The first-order valence-electron chi connectivity index (χ1n) is 2.51. The van der Waals surface area contributed by atoms with Crippen molar-refractivity contribution in [2.45, 2.75) is 6.67 Å². The lowest BCUT2D eigenvalue weighted by molar-refractivity contribution is 0.466. The third-order valence-electron chi connectivity index (χ3n) is 1.19. The van der Waals surface area contributed by atoms with Crippen molar-refractivity contribution in [3.05, 3.63) is 24.0 Å². The predicted octanol–water partition coefficient (Wildman–Crippen LogP) is 1.49. The van der Waals surface area contributed by atoms with Crippen LogP contribution in [0.15, 0.2) is 18.3 Å². The number of halogens is 1. The van der Waals surface area contributed by atoms with Gasteiger partial charge in [-0.25, -0.2) is 4.39 Å². The highest BCUT2D eigenvalue weighted by Crippen LogP contribution is 1.99. The van der Waals surface area contributed by atoms with Crippen LogP contribution in [-0.4, -0.2) is 4.57 Å². The van der Waals surface area contributed by atoms with Crippen LogP contribution >= 0.6 is 0 Å². The Morgan fingerprint density at radius 3 is 2.75 bits per heavy atom. The van der Waals surface area contributed by atoms with E-state index in [0.717, 1.165) is 5.69 Å². The zero-order valence-corrected chi connectivity index (χ0v) is 4.76. The molecule has 0 N–H and O–H groups in total. The maximum atomic E-state index is 11.8. The van der Waals surface area contributed by atoms with E-state index in [-0.39, 0.29) is 6.67 Å². The molecule has 0 saturated heterocycles. The Balaban J connectivity index is 2.92.